The van der Waals surface area contributed by atoms with Crippen LogP contribution in [-0.4, -0.2) is 27.8 Å². The molecule has 1 heterocycles. The van der Waals surface area contributed by atoms with Crippen molar-refractivity contribution in [2.45, 2.75) is 43.4 Å². The molecular formula is C18H22N4O2S2. The highest BCUT2D eigenvalue weighted by molar-refractivity contribution is 8.01. The molecule has 6 nitrogen and oxygen atoms in total. The van der Waals surface area contributed by atoms with E-state index in [-0.39, 0.29) is 23.5 Å². The average molecular weight is 391 g/mol. The van der Waals surface area contributed by atoms with Crippen LogP contribution in [0.15, 0.2) is 28.6 Å². The van der Waals surface area contributed by atoms with Crippen LogP contribution in [0.3, 0.4) is 0 Å². The Morgan fingerprint density at radius 1 is 1.19 bits per heavy atom. The average Bonchev–Trinajstić information content (AvgIpc) is 3.40. The lowest BCUT2D eigenvalue weighted by molar-refractivity contribution is -0.117. The normalized spacial score (nSPS) is 13.4. The summed E-state index contributed by atoms with van der Waals surface area (Å²) in [5.74, 6) is 0.310. The molecule has 1 aromatic carbocycles. The van der Waals surface area contributed by atoms with Gasteiger partial charge in [-0.05, 0) is 43.4 Å². The monoisotopic (exact) mass is 390 g/mol. The van der Waals surface area contributed by atoms with Gasteiger partial charge in [0.2, 0.25) is 16.9 Å². The van der Waals surface area contributed by atoms with Crippen molar-refractivity contribution in [3.05, 3.63) is 29.8 Å². The standard InChI is InChI=1S/C18H22N4O2S2/c1-2-3-4-12-5-9-14(10-6-12)19-15(23)11-25-18-22-21-17(26-18)20-16(24)13-7-8-13/h5-6,9-10,13H,2-4,7-8,11H2,1H3,(H,19,23)(H,20,21,24). The number of amides is 2. The molecule has 26 heavy (non-hydrogen) atoms. The van der Waals surface area contributed by atoms with Crippen LogP contribution < -0.4 is 10.6 Å². The van der Waals surface area contributed by atoms with Crippen LogP contribution in [0, 0.1) is 5.92 Å². The van der Waals surface area contributed by atoms with Crippen LogP contribution >= 0.6 is 23.1 Å². The van der Waals surface area contributed by atoms with Crippen LogP contribution in [0.25, 0.3) is 0 Å². The molecular weight excluding hydrogens is 368 g/mol. The lowest BCUT2D eigenvalue weighted by Crippen LogP contribution is -2.13. The maximum Gasteiger partial charge on any atom is 0.234 e. The maximum absolute atomic E-state index is 12.1. The minimum absolute atomic E-state index is 0.0119. The Hall–Kier alpha value is -1.93. The molecule has 0 radical (unpaired) electrons. The second kappa shape index (κ2) is 9.14. The zero-order valence-corrected chi connectivity index (χ0v) is 16.3. The zero-order valence-electron chi connectivity index (χ0n) is 14.7. The molecule has 138 valence electrons. The van der Waals surface area contributed by atoms with Gasteiger partial charge in [-0.1, -0.05) is 48.6 Å². The van der Waals surface area contributed by atoms with Crippen molar-refractivity contribution < 1.29 is 9.59 Å². The number of unbranched alkanes of at least 4 members (excludes halogenated alkanes) is 1. The third-order valence-corrected chi connectivity index (χ3v) is 5.94. The first-order valence-electron chi connectivity index (χ1n) is 8.80. The molecule has 1 aliphatic rings. The van der Waals surface area contributed by atoms with Crippen molar-refractivity contribution in [3.63, 3.8) is 0 Å². The number of carbonyl (C=O) groups is 2. The van der Waals surface area contributed by atoms with Crippen LogP contribution in [0.4, 0.5) is 10.8 Å². The number of carbonyl (C=O) groups excluding carboxylic acids is 2. The number of aryl methyl sites for hydroxylation is 1. The predicted molar refractivity (Wildman–Crippen MR) is 106 cm³/mol. The van der Waals surface area contributed by atoms with Crippen LogP contribution in [0.1, 0.15) is 38.2 Å². The summed E-state index contributed by atoms with van der Waals surface area (Å²) < 4.78 is 0.668. The van der Waals surface area contributed by atoms with Crippen LogP contribution in [0.5, 0.6) is 0 Å². The topological polar surface area (TPSA) is 84.0 Å². The molecule has 0 unspecified atom stereocenters. The summed E-state index contributed by atoms with van der Waals surface area (Å²) in [5.41, 5.74) is 2.08. The first-order valence-corrected chi connectivity index (χ1v) is 10.6. The highest BCUT2D eigenvalue weighted by Crippen LogP contribution is 2.31. The number of nitrogens with zero attached hydrogens (tertiary/aromatic N) is 2. The highest BCUT2D eigenvalue weighted by Gasteiger charge is 2.30. The third-order valence-electron chi connectivity index (χ3n) is 3.97. The van der Waals surface area contributed by atoms with Crippen LogP contribution in [0.2, 0.25) is 0 Å². The zero-order chi connectivity index (χ0) is 18.4. The Kier molecular flexibility index (Phi) is 6.62. The van der Waals surface area contributed by atoms with Gasteiger partial charge < -0.3 is 10.6 Å². The third kappa shape index (κ3) is 5.81. The van der Waals surface area contributed by atoms with Crippen molar-refractivity contribution in [2.75, 3.05) is 16.4 Å². The number of hydrogen-bond donors (Lipinski definition) is 2. The Morgan fingerprint density at radius 3 is 2.65 bits per heavy atom. The van der Waals surface area contributed by atoms with E-state index in [1.54, 1.807) is 0 Å². The van der Waals surface area contributed by atoms with Gasteiger partial charge in [0.25, 0.3) is 0 Å². The lowest BCUT2D eigenvalue weighted by atomic mass is 10.1. The molecule has 0 bridgehead atoms. The van der Waals surface area contributed by atoms with Gasteiger partial charge in [0.15, 0.2) is 4.34 Å². The summed E-state index contributed by atoms with van der Waals surface area (Å²) >= 11 is 2.61. The fourth-order valence-corrected chi connectivity index (χ4v) is 3.89. The molecule has 0 saturated heterocycles. The number of thioether (sulfide) groups is 1. The Balaban J connectivity index is 1.42. The predicted octanol–water partition coefficient (Wildman–Crippen LogP) is 3.96. The largest absolute Gasteiger partial charge is 0.325 e. The molecule has 1 aromatic heterocycles. The minimum Gasteiger partial charge on any atom is -0.325 e. The van der Waals surface area contributed by atoms with Gasteiger partial charge in [-0.25, -0.2) is 0 Å². The SMILES string of the molecule is CCCCc1ccc(NC(=O)CSc2nnc(NC(=O)C3CC3)s2)cc1. The summed E-state index contributed by atoms with van der Waals surface area (Å²) in [7, 11) is 0. The number of aromatic nitrogens is 2. The second-order valence-corrected chi connectivity index (χ2v) is 8.47. The van der Waals surface area contributed by atoms with Gasteiger partial charge in [0.05, 0.1) is 5.75 Å². The smallest absolute Gasteiger partial charge is 0.234 e. The maximum atomic E-state index is 12.1. The van der Waals surface area contributed by atoms with Gasteiger partial charge in [-0.15, -0.1) is 10.2 Å². The van der Waals surface area contributed by atoms with E-state index in [0.29, 0.717) is 9.47 Å². The number of rotatable bonds is 9. The van der Waals surface area contributed by atoms with E-state index < -0.39 is 0 Å². The number of benzene rings is 1. The van der Waals surface area contributed by atoms with Gasteiger partial charge in [0, 0.05) is 11.6 Å². The number of nitrogens with one attached hydrogen (secondary N) is 2. The van der Waals surface area contributed by atoms with Crippen molar-refractivity contribution in [1.29, 1.82) is 0 Å². The highest BCUT2D eigenvalue weighted by atomic mass is 32.2. The van der Waals surface area contributed by atoms with Crippen molar-refractivity contribution in [1.82, 2.24) is 10.2 Å². The number of anilines is 2. The quantitative estimate of drug-likeness (QED) is 0.500. The minimum atomic E-state index is -0.0879. The molecule has 1 aliphatic carbocycles. The number of hydrogen-bond acceptors (Lipinski definition) is 6. The fraction of sp³-hybridized carbons (Fsp3) is 0.444. The fourth-order valence-electron chi connectivity index (χ4n) is 2.33. The molecule has 1 fully saturated rings. The summed E-state index contributed by atoms with van der Waals surface area (Å²) in [5, 5.41) is 14.1. The molecule has 2 amide bonds. The molecule has 2 N–H and O–H groups in total. The molecule has 0 atom stereocenters. The van der Waals surface area contributed by atoms with Gasteiger partial charge >= 0.3 is 0 Å². The summed E-state index contributed by atoms with van der Waals surface area (Å²) in [6, 6.07) is 7.98. The lowest BCUT2D eigenvalue weighted by Gasteiger charge is -2.05. The summed E-state index contributed by atoms with van der Waals surface area (Å²) in [4.78, 5) is 23.8. The van der Waals surface area contributed by atoms with Gasteiger partial charge in [0.1, 0.15) is 0 Å². The van der Waals surface area contributed by atoms with Crippen molar-refractivity contribution >= 4 is 45.7 Å². The molecule has 3 rings (SSSR count). The van der Waals surface area contributed by atoms with Gasteiger partial charge in [-0.2, -0.15) is 0 Å². The molecule has 0 spiro atoms. The van der Waals surface area contributed by atoms with E-state index >= 15 is 0 Å². The van der Waals surface area contributed by atoms with E-state index in [1.807, 2.05) is 12.1 Å². The van der Waals surface area contributed by atoms with E-state index in [2.05, 4.69) is 39.9 Å². The molecule has 8 heteroatoms. The van der Waals surface area contributed by atoms with Crippen molar-refractivity contribution in [2.24, 2.45) is 5.92 Å². The Bertz CT molecular complexity index is 757. The molecule has 1 saturated carbocycles. The van der Waals surface area contributed by atoms with E-state index in [0.717, 1.165) is 24.9 Å². The first-order chi connectivity index (χ1) is 12.6. The van der Waals surface area contributed by atoms with E-state index in [1.165, 1.54) is 41.5 Å². The molecule has 0 aliphatic heterocycles. The molecule has 2 aromatic rings. The second-order valence-electron chi connectivity index (χ2n) is 6.27. The van der Waals surface area contributed by atoms with E-state index in [4.69, 9.17) is 0 Å². The first kappa shape index (κ1) is 18.8. The summed E-state index contributed by atoms with van der Waals surface area (Å²) in [6.07, 6.45) is 5.32. The Morgan fingerprint density at radius 2 is 1.96 bits per heavy atom. The van der Waals surface area contributed by atoms with Gasteiger partial charge in [-0.3, -0.25) is 9.59 Å². The van der Waals surface area contributed by atoms with Crippen LogP contribution in [-0.2, 0) is 16.0 Å². The van der Waals surface area contributed by atoms with E-state index in [9.17, 15) is 9.59 Å². The van der Waals surface area contributed by atoms with Crippen molar-refractivity contribution in [3.8, 4) is 0 Å². The summed E-state index contributed by atoms with van der Waals surface area (Å²) in [6.45, 7) is 2.17. The Labute approximate surface area is 161 Å².